The highest BCUT2D eigenvalue weighted by atomic mass is 16.4. The van der Waals surface area contributed by atoms with Gasteiger partial charge in [0.05, 0.1) is 17.4 Å². The van der Waals surface area contributed by atoms with Crippen molar-refractivity contribution in [3.63, 3.8) is 0 Å². The van der Waals surface area contributed by atoms with Crippen LogP contribution in [0, 0.1) is 0 Å². The minimum absolute atomic E-state index is 0.267. The van der Waals surface area contributed by atoms with Gasteiger partial charge in [-0.2, -0.15) is 0 Å². The van der Waals surface area contributed by atoms with E-state index in [1.807, 2.05) is 0 Å². The summed E-state index contributed by atoms with van der Waals surface area (Å²) in [5, 5.41) is 12.2. The van der Waals surface area contributed by atoms with Gasteiger partial charge in [0.1, 0.15) is 0 Å². The van der Waals surface area contributed by atoms with Gasteiger partial charge < -0.3 is 15.3 Å². The first kappa shape index (κ1) is 14.4. The summed E-state index contributed by atoms with van der Waals surface area (Å²) in [5.74, 6) is -0.930. The van der Waals surface area contributed by atoms with Gasteiger partial charge in [0.2, 0.25) is 0 Å². The Bertz CT molecular complexity index is 382. The number of nitrogens with zero attached hydrogens (tertiary/aromatic N) is 2. The van der Waals surface area contributed by atoms with Gasteiger partial charge >= 0.3 is 5.97 Å². The number of aromatic nitrogens is 1. The molecule has 0 aliphatic heterocycles. The third-order valence-electron chi connectivity index (χ3n) is 2.78. The van der Waals surface area contributed by atoms with E-state index in [-0.39, 0.29) is 5.56 Å². The molecule has 1 rings (SSSR count). The molecule has 1 aromatic rings. The van der Waals surface area contributed by atoms with Crippen LogP contribution in [-0.2, 0) is 0 Å². The zero-order chi connectivity index (χ0) is 13.4. The molecule has 0 amide bonds. The Hall–Kier alpha value is -1.62. The van der Waals surface area contributed by atoms with Crippen molar-refractivity contribution < 1.29 is 9.90 Å². The molecule has 0 saturated carbocycles. The highest BCUT2D eigenvalue weighted by Gasteiger charge is 2.09. The van der Waals surface area contributed by atoms with E-state index in [0.717, 1.165) is 32.6 Å². The van der Waals surface area contributed by atoms with Crippen LogP contribution in [0.5, 0.6) is 0 Å². The molecule has 1 aromatic heterocycles. The molecule has 100 valence electrons. The molecule has 2 N–H and O–H groups in total. The SMILES string of the molecule is CCCN(CC)CCNc1cnccc1C(=O)O. The minimum Gasteiger partial charge on any atom is -0.478 e. The second kappa shape index (κ2) is 7.66. The van der Waals surface area contributed by atoms with E-state index in [1.54, 1.807) is 6.20 Å². The Balaban J connectivity index is 2.50. The Morgan fingerprint density at radius 3 is 2.83 bits per heavy atom. The lowest BCUT2D eigenvalue weighted by molar-refractivity contribution is 0.0698. The van der Waals surface area contributed by atoms with Crippen LogP contribution in [0.3, 0.4) is 0 Å². The molecule has 0 aromatic carbocycles. The Morgan fingerprint density at radius 2 is 2.22 bits per heavy atom. The first-order valence-electron chi connectivity index (χ1n) is 6.32. The number of nitrogens with one attached hydrogen (secondary N) is 1. The first-order valence-corrected chi connectivity index (χ1v) is 6.32. The summed E-state index contributed by atoms with van der Waals surface area (Å²) >= 11 is 0. The van der Waals surface area contributed by atoms with Gasteiger partial charge in [-0.15, -0.1) is 0 Å². The number of anilines is 1. The number of rotatable bonds is 8. The van der Waals surface area contributed by atoms with E-state index in [0.29, 0.717) is 5.69 Å². The summed E-state index contributed by atoms with van der Waals surface area (Å²) in [5.41, 5.74) is 0.848. The summed E-state index contributed by atoms with van der Waals surface area (Å²) in [7, 11) is 0. The zero-order valence-corrected chi connectivity index (χ0v) is 11.0. The van der Waals surface area contributed by atoms with E-state index in [2.05, 4.69) is 29.0 Å². The Labute approximate surface area is 108 Å². The van der Waals surface area contributed by atoms with E-state index in [4.69, 9.17) is 5.11 Å². The molecule has 5 heteroatoms. The highest BCUT2D eigenvalue weighted by Crippen LogP contribution is 2.12. The number of carboxylic acid groups (broad SMARTS) is 1. The normalized spacial score (nSPS) is 10.6. The summed E-state index contributed by atoms with van der Waals surface area (Å²) in [6.45, 7) is 7.98. The van der Waals surface area contributed by atoms with Gasteiger partial charge in [0.25, 0.3) is 0 Å². The largest absolute Gasteiger partial charge is 0.478 e. The van der Waals surface area contributed by atoms with Crippen molar-refractivity contribution in [1.29, 1.82) is 0 Å². The minimum atomic E-state index is -0.930. The van der Waals surface area contributed by atoms with Crippen molar-refractivity contribution in [2.24, 2.45) is 0 Å². The number of hydrogen-bond acceptors (Lipinski definition) is 4. The van der Waals surface area contributed by atoms with Gasteiger partial charge in [0.15, 0.2) is 0 Å². The van der Waals surface area contributed by atoms with Crippen LogP contribution in [0.15, 0.2) is 18.5 Å². The quantitative estimate of drug-likeness (QED) is 0.739. The fourth-order valence-corrected chi connectivity index (χ4v) is 1.81. The lowest BCUT2D eigenvalue weighted by Crippen LogP contribution is -2.29. The van der Waals surface area contributed by atoms with Crippen molar-refractivity contribution in [1.82, 2.24) is 9.88 Å². The van der Waals surface area contributed by atoms with Crippen molar-refractivity contribution in [3.05, 3.63) is 24.0 Å². The molecule has 1 heterocycles. The maximum atomic E-state index is 11.0. The number of hydrogen-bond donors (Lipinski definition) is 2. The number of likely N-dealkylation sites (N-methyl/N-ethyl adjacent to an activating group) is 1. The van der Waals surface area contributed by atoms with Gasteiger partial charge in [-0.25, -0.2) is 4.79 Å². The number of aromatic carboxylic acids is 1. The lowest BCUT2D eigenvalue weighted by Gasteiger charge is -2.20. The molecule has 0 atom stereocenters. The smallest absolute Gasteiger partial charge is 0.337 e. The second-order valence-corrected chi connectivity index (χ2v) is 4.09. The second-order valence-electron chi connectivity index (χ2n) is 4.09. The van der Waals surface area contributed by atoms with Crippen molar-refractivity contribution in [2.45, 2.75) is 20.3 Å². The highest BCUT2D eigenvalue weighted by molar-refractivity contribution is 5.93. The van der Waals surface area contributed by atoms with Crippen LogP contribution in [0.25, 0.3) is 0 Å². The Kier molecular flexibility index (Phi) is 6.14. The van der Waals surface area contributed by atoms with Gasteiger partial charge in [-0.3, -0.25) is 4.98 Å². The van der Waals surface area contributed by atoms with Crippen LogP contribution in [-0.4, -0.2) is 47.1 Å². The molecule has 0 aliphatic carbocycles. The average molecular weight is 251 g/mol. The number of carbonyl (C=O) groups is 1. The molecule has 0 bridgehead atoms. The van der Waals surface area contributed by atoms with Crippen molar-refractivity contribution in [2.75, 3.05) is 31.5 Å². The van der Waals surface area contributed by atoms with Crippen LogP contribution in [0.4, 0.5) is 5.69 Å². The van der Waals surface area contributed by atoms with Crippen LogP contribution < -0.4 is 5.32 Å². The standard InChI is InChI=1S/C13H21N3O2/c1-3-8-16(4-2)9-7-15-12-10-14-6-5-11(12)13(17)18/h5-6,10,15H,3-4,7-9H2,1-2H3,(H,17,18). The third-order valence-corrected chi connectivity index (χ3v) is 2.78. The van der Waals surface area contributed by atoms with Crippen LogP contribution in [0.2, 0.25) is 0 Å². The van der Waals surface area contributed by atoms with Gasteiger partial charge in [-0.05, 0) is 25.6 Å². The molecule has 0 unspecified atom stereocenters. The third kappa shape index (κ3) is 4.33. The van der Waals surface area contributed by atoms with Crippen molar-refractivity contribution >= 4 is 11.7 Å². The maximum Gasteiger partial charge on any atom is 0.337 e. The molecule has 0 spiro atoms. The van der Waals surface area contributed by atoms with E-state index in [9.17, 15) is 4.79 Å². The van der Waals surface area contributed by atoms with Gasteiger partial charge in [0, 0.05) is 19.3 Å². The molecular formula is C13H21N3O2. The predicted molar refractivity (Wildman–Crippen MR) is 72.1 cm³/mol. The summed E-state index contributed by atoms with van der Waals surface area (Å²) < 4.78 is 0. The van der Waals surface area contributed by atoms with Crippen molar-refractivity contribution in [3.8, 4) is 0 Å². The van der Waals surface area contributed by atoms with Gasteiger partial charge in [-0.1, -0.05) is 13.8 Å². The molecule has 18 heavy (non-hydrogen) atoms. The summed E-state index contributed by atoms with van der Waals surface area (Å²) in [6, 6.07) is 1.51. The fraction of sp³-hybridized carbons (Fsp3) is 0.538. The van der Waals surface area contributed by atoms with Crippen LogP contribution >= 0.6 is 0 Å². The number of carboxylic acids is 1. The topological polar surface area (TPSA) is 65.5 Å². The molecule has 0 radical (unpaired) electrons. The average Bonchev–Trinajstić information content (AvgIpc) is 2.38. The Morgan fingerprint density at radius 1 is 1.44 bits per heavy atom. The fourth-order valence-electron chi connectivity index (χ4n) is 1.81. The number of pyridine rings is 1. The van der Waals surface area contributed by atoms with E-state index >= 15 is 0 Å². The van der Waals surface area contributed by atoms with E-state index in [1.165, 1.54) is 12.3 Å². The molecular weight excluding hydrogens is 230 g/mol. The predicted octanol–water partition coefficient (Wildman–Crippen LogP) is 1.92. The summed E-state index contributed by atoms with van der Waals surface area (Å²) in [6.07, 6.45) is 4.17. The lowest BCUT2D eigenvalue weighted by atomic mass is 10.2. The molecule has 5 nitrogen and oxygen atoms in total. The summed E-state index contributed by atoms with van der Waals surface area (Å²) in [4.78, 5) is 17.3. The molecule has 0 fully saturated rings. The monoisotopic (exact) mass is 251 g/mol. The molecule has 0 aliphatic rings. The molecule has 0 saturated heterocycles. The van der Waals surface area contributed by atoms with E-state index < -0.39 is 5.97 Å². The maximum absolute atomic E-state index is 11.0. The first-order chi connectivity index (χ1) is 8.69. The zero-order valence-electron chi connectivity index (χ0n) is 11.0. The van der Waals surface area contributed by atoms with Crippen LogP contribution in [0.1, 0.15) is 30.6 Å².